The minimum atomic E-state index is -0.739. The fourth-order valence-electron chi connectivity index (χ4n) is 3.94. The zero-order chi connectivity index (χ0) is 21.1. The third-order valence-electron chi connectivity index (χ3n) is 5.46. The molecule has 30 heavy (non-hydrogen) atoms. The Bertz CT molecular complexity index is 937. The highest BCUT2D eigenvalue weighted by atomic mass is 32.1. The van der Waals surface area contributed by atoms with Crippen LogP contribution in [0.25, 0.3) is 0 Å². The number of ether oxygens (including phenoxy) is 1. The summed E-state index contributed by atoms with van der Waals surface area (Å²) in [5, 5.41) is 12.4. The summed E-state index contributed by atoms with van der Waals surface area (Å²) in [5.74, 6) is -1.86. The standard InChI is InChI=1S/C22H23FN2O4S/c23-16-6-4-15(5-7-16)19-18(20(26)17-3-1-14-30-17)21(27)22(28)25(19)9-2-8-24-10-12-29-13-11-24/h1,3-7,14,19,27H,2,8-13H2. The summed E-state index contributed by atoms with van der Waals surface area (Å²) in [7, 11) is 0. The van der Waals surface area contributed by atoms with E-state index in [1.54, 1.807) is 29.6 Å². The van der Waals surface area contributed by atoms with Crippen LogP contribution >= 0.6 is 11.3 Å². The van der Waals surface area contributed by atoms with E-state index in [2.05, 4.69) is 4.90 Å². The molecule has 2 aliphatic rings. The first kappa shape index (κ1) is 20.7. The number of morpholine rings is 1. The Morgan fingerprint density at radius 2 is 1.90 bits per heavy atom. The predicted molar refractivity (Wildman–Crippen MR) is 111 cm³/mol. The van der Waals surface area contributed by atoms with Crippen molar-refractivity contribution in [3.8, 4) is 0 Å². The van der Waals surface area contributed by atoms with Gasteiger partial charge in [-0.15, -0.1) is 11.3 Å². The lowest BCUT2D eigenvalue weighted by atomic mass is 9.95. The molecule has 1 amide bonds. The molecule has 4 rings (SSSR count). The molecule has 2 aromatic rings. The van der Waals surface area contributed by atoms with E-state index in [-0.39, 0.29) is 11.4 Å². The van der Waals surface area contributed by atoms with Crippen molar-refractivity contribution in [2.24, 2.45) is 0 Å². The largest absolute Gasteiger partial charge is 0.503 e. The number of thiophene rings is 1. The molecular formula is C22H23FN2O4S. The van der Waals surface area contributed by atoms with E-state index in [1.165, 1.54) is 28.4 Å². The summed E-state index contributed by atoms with van der Waals surface area (Å²) >= 11 is 1.26. The molecule has 1 aromatic heterocycles. The van der Waals surface area contributed by atoms with Crippen molar-refractivity contribution in [3.05, 3.63) is 69.4 Å². The van der Waals surface area contributed by atoms with Gasteiger partial charge in [-0.25, -0.2) is 4.39 Å². The number of nitrogens with zero attached hydrogens (tertiary/aromatic N) is 2. The second-order valence-corrected chi connectivity index (χ2v) is 8.28. The summed E-state index contributed by atoms with van der Waals surface area (Å²) < 4.78 is 18.8. The van der Waals surface area contributed by atoms with Crippen molar-refractivity contribution in [2.45, 2.75) is 12.5 Å². The highest BCUT2D eigenvalue weighted by molar-refractivity contribution is 7.12. The molecule has 1 N–H and O–H groups in total. The van der Waals surface area contributed by atoms with Crippen LogP contribution in [-0.2, 0) is 9.53 Å². The third-order valence-corrected chi connectivity index (χ3v) is 6.32. The Balaban J connectivity index is 1.59. The van der Waals surface area contributed by atoms with E-state index in [4.69, 9.17) is 4.74 Å². The van der Waals surface area contributed by atoms with E-state index in [1.807, 2.05) is 0 Å². The molecule has 0 spiro atoms. The lowest BCUT2D eigenvalue weighted by Gasteiger charge is -2.30. The van der Waals surface area contributed by atoms with Gasteiger partial charge in [-0.2, -0.15) is 0 Å². The van der Waals surface area contributed by atoms with E-state index in [0.717, 1.165) is 19.6 Å². The number of hydrogen-bond donors (Lipinski definition) is 1. The molecule has 1 saturated heterocycles. The first-order valence-corrected chi connectivity index (χ1v) is 10.8. The lowest BCUT2D eigenvalue weighted by Crippen LogP contribution is -2.39. The summed E-state index contributed by atoms with van der Waals surface area (Å²) in [4.78, 5) is 30.2. The van der Waals surface area contributed by atoms with Gasteiger partial charge in [-0.3, -0.25) is 14.5 Å². The molecule has 8 heteroatoms. The topological polar surface area (TPSA) is 70.1 Å². The van der Waals surface area contributed by atoms with Gasteiger partial charge in [0.05, 0.1) is 29.7 Å². The van der Waals surface area contributed by atoms with Crippen LogP contribution in [0.1, 0.15) is 27.7 Å². The minimum Gasteiger partial charge on any atom is -0.503 e. The quantitative estimate of drug-likeness (QED) is 0.684. The van der Waals surface area contributed by atoms with Gasteiger partial charge in [0.15, 0.2) is 5.76 Å². The molecule has 6 nitrogen and oxygen atoms in total. The Morgan fingerprint density at radius 3 is 2.57 bits per heavy atom. The smallest absolute Gasteiger partial charge is 0.290 e. The zero-order valence-electron chi connectivity index (χ0n) is 16.4. The first-order chi connectivity index (χ1) is 14.6. The van der Waals surface area contributed by atoms with Crippen molar-refractivity contribution in [3.63, 3.8) is 0 Å². The number of ketones is 1. The number of benzene rings is 1. The molecular weight excluding hydrogens is 407 g/mol. The zero-order valence-corrected chi connectivity index (χ0v) is 17.2. The molecule has 0 saturated carbocycles. The van der Waals surface area contributed by atoms with Crippen molar-refractivity contribution in [1.29, 1.82) is 0 Å². The molecule has 0 bridgehead atoms. The number of Topliss-reactive ketones (excluding diaryl/α,β-unsaturated/α-hetero) is 1. The monoisotopic (exact) mass is 430 g/mol. The van der Waals surface area contributed by atoms with Crippen LogP contribution in [0.5, 0.6) is 0 Å². The van der Waals surface area contributed by atoms with Crippen molar-refractivity contribution >= 4 is 23.0 Å². The first-order valence-electron chi connectivity index (χ1n) is 9.94. The highest BCUT2D eigenvalue weighted by Crippen LogP contribution is 2.39. The van der Waals surface area contributed by atoms with E-state index in [9.17, 15) is 19.1 Å². The number of aliphatic hydroxyl groups excluding tert-OH is 1. The molecule has 1 unspecified atom stereocenters. The van der Waals surface area contributed by atoms with Crippen LogP contribution in [0.15, 0.2) is 53.1 Å². The Kier molecular flexibility index (Phi) is 6.26. The Morgan fingerprint density at radius 1 is 1.17 bits per heavy atom. The highest BCUT2D eigenvalue weighted by Gasteiger charge is 2.43. The number of carbonyl (C=O) groups excluding carboxylic acids is 2. The fourth-order valence-corrected chi connectivity index (χ4v) is 4.62. The second-order valence-electron chi connectivity index (χ2n) is 7.33. The van der Waals surface area contributed by atoms with Crippen LogP contribution in [0.2, 0.25) is 0 Å². The molecule has 1 fully saturated rings. The van der Waals surface area contributed by atoms with E-state index in [0.29, 0.717) is 36.6 Å². The fraction of sp³-hybridized carbons (Fsp3) is 0.364. The predicted octanol–water partition coefficient (Wildman–Crippen LogP) is 3.19. The molecule has 1 aromatic carbocycles. The molecule has 1 atom stereocenters. The lowest BCUT2D eigenvalue weighted by molar-refractivity contribution is -0.129. The average Bonchev–Trinajstić information content (AvgIpc) is 3.38. The van der Waals surface area contributed by atoms with Gasteiger partial charge in [0, 0.05) is 26.2 Å². The number of amides is 1. The molecule has 0 radical (unpaired) electrons. The molecule has 158 valence electrons. The molecule has 0 aliphatic carbocycles. The van der Waals surface area contributed by atoms with Crippen LogP contribution in [0, 0.1) is 5.82 Å². The Hall–Kier alpha value is -2.55. The second kappa shape index (κ2) is 9.07. The summed E-state index contributed by atoms with van der Waals surface area (Å²) in [6, 6.07) is 8.39. The van der Waals surface area contributed by atoms with Crippen molar-refractivity contribution in [2.75, 3.05) is 39.4 Å². The third kappa shape index (κ3) is 4.16. The maximum atomic E-state index is 13.5. The van der Waals surface area contributed by atoms with Gasteiger partial charge in [-0.05, 0) is 35.6 Å². The normalized spacial score (nSPS) is 20.2. The summed E-state index contributed by atoms with van der Waals surface area (Å²) in [6.45, 7) is 4.26. The van der Waals surface area contributed by atoms with Crippen LogP contribution in [0.4, 0.5) is 4.39 Å². The van der Waals surface area contributed by atoms with E-state index >= 15 is 0 Å². The SMILES string of the molecule is O=C(C1=C(O)C(=O)N(CCCN2CCOCC2)C1c1ccc(F)cc1)c1cccs1. The number of carbonyl (C=O) groups is 2. The van der Waals surface area contributed by atoms with Gasteiger partial charge < -0.3 is 14.7 Å². The summed E-state index contributed by atoms with van der Waals surface area (Å²) in [5.41, 5.74) is 0.653. The maximum Gasteiger partial charge on any atom is 0.290 e. The number of aliphatic hydroxyl groups is 1. The minimum absolute atomic E-state index is 0.0560. The maximum absolute atomic E-state index is 13.5. The average molecular weight is 431 g/mol. The summed E-state index contributed by atoms with van der Waals surface area (Å²) in [6.07, 6.45) is 0.692. The van der Waals surface area contributed by atoms with Gasteiger partial charge in [0.1, 0.15) is 5.82 Å². The van der Waals surface area contributed by atoms with Gasteiger partial charge in [0.25, 0.3) is 5.91 Å². The van der Waals surface area contributed by atoms with Crippen LogP contribution in [0.3, 0.4) is 0 Å². The van der Waals surface area contributed by atoms with Gasteiger partial charge in [-0.1, -0.05) is 18.2 Å². The Labute approximate surface area is 178 Å². The number of rotatable bonds is 7. The number of hydrogen-bond acceptors (Lipinski definition) is 6. The van der Waals surface area contributed by atoms with E-state index < -0.39 is 23.5 Å². The van der Waals surface area contributed by atoms with Crippen LogP contribution < -0.4 is 0 Å². The van der Waals surface area contributed by atoms with Crippen molar-refractivity contribution in [1.82, 2.24) is 9.80 Å². The number of halogens is 1. The van der Waals surface area contributed by atoms with Gasteiger partial charge >= 0.3 is 0 Å². The van der Waals surface area contributed by atoms with Crippen LogP contribution in [-0.4, -0.2) is 66.0 Å². The molecule has 3 heterocycles. The van der Waals surface area contributed by atoms with Gasteiger partial charge in [0.2, 0.25) is 5.78 Å². The molecule has 2 aliphatic heterocycles. The van der Waals surface area contributed by atoms with Crippen molar-refractivity contribution < 1.29 is 23.8 Å².